The third-order valence-corrected chi connectivity index (χ3v) is 2.63. The van der Waals surface area contributed by atoms with Crippen molar-refractivity contribution in [1.82, 2.24) is 14.8 Å². The van der Waals surface area contributed by atoms with Gasteiger partial charge in [-0.3, -0.25) is 0 Å². The van der Waals surface area contributed by atoms with Crippen molar-refractivity contribution in [1.29, 1.82) is 5.26 Å². The number of nitrogens with zero attached hydrogens (tertiary/aromatic N) is 4. The highest BCUT2D eigenvalue weighted by molar-refractivity contribution is 5.82. The zero-order chi connectivity index (χ0) is 12.8. The number of hydrogen-bond donors (Lipinski definition) is 1. The Morgan fingerprint density at radius 1 is 1.41 bits per heavy atom. The number of aromatic nitrogens is 3. The van der Waals surface area contributed by atoms with Crippen LogP contribution in [0.5, 0.6) is 0 Å². The molecule has 88 valence electrons. The van der Waals surface area contributed by atoms with Crippen molar-refractivity contribution in [3.8, 4) is 6.07 Å². The van der Waals surface area contributed by atoms with E-state index in [4.69, 9.17) is 11.0 Å². The number of hydrogen-bond acceptors (Lipinski definition) is 4. The van der Waals surface area contributed by atoms with Gasteiger partial charge in [-0.1, -0.05) is 0 Å². The molecule has 2 heterocycles. The first-order chi connectivity index (χ1) is 7.84. The first-order valence-electron chi connectivity index (χ1n) is 5.41. The van der Waals surface area contributed by atoms with Crippen LogP contribution in [0.3, 0.4) is 0 Å². The van der Waals surface area contributed by atoms with Crippen molar-refractivity contribution in [2.45, 2.75) is 33.2 Å². The summed E-state index contributed by atoms with van der Waals surface area (Å²) in [7, 11) is 0. The predicted molar refractivity (Wildman–Crippen MR) is 66.4 cm³/mol. The second kappa shape index (κ2) is 3.45. The van der Waals surface area contributed by atoms with Gasteiger partial charge in [-0.15, -0.1) is 0 Å². The van der Waals surface area contributed by atoms with Gasteiger partial charge >= 0.3 is 0 Å². The third-order valence-electron chi connectivity index (χ3n) is 2.63. The molecule has 2 aromatic heterocycles. The fourth-order valence-corrected chi connectivity index (χ4v) is 1.75. The molecule has 0 spiro atoms. The summed E-state index contributed by atoms with van der Waals surface area (Å²) in [5, 5.41) is 14.3. The zero-order valence-electron chi connectivity index (χ0n) is 10.4. The lowest BCUT2D eigenvalue weighted by molar-refractivity contribution is 0.364. The Labute approximate surface area is 99.9 Å². The van der Waals surface area contributed by atoms with Crippen LogP contribution in [0, 0.1) is 18.3 Å². The van der Waals surface area contributed by atoms with Crippen LogP contribution in [-0.4, -0.2) is 14.8 Å². The van der Waals surface area contributed by atoms with Gasteiger partial charge in [0.1, 0.15) is 11.9 Å². The number of fused-ring (bicyclic) bond motifs is 1. The van der Waals surface area contributed by atoms with Gasteiger partial charge in [-0.05, 0) is 33.8 Å². The lowest BCUT2D eigenvalue weighted by Crippen LogP contribution is -2.23. The maximum Gasteiger partial charge on any atom is 0.161 e. The van der Waals surface area contributed by atoms with Crippen molar-refractivity contribution in [3.05, 3.63) is 17.3 Å². The summed E-state index contributed by atoms with van der Waals surface area (Å²) in [5.74, 6) is 0.255. The number of nitriles is 1. The normalized spacial score (nSPS) is 11.7. The maximum absolute atomic E-state index is 8.94. The Bertz CT molecular complexity index is 625. The van der Waals surface area contributed by atoms with E-state index < -0.39 is 0 Å². The highest BCUT2D eigenvalue weighted by Gasteiger charge is 2.20. The molecule has 2 N–H and O–H groups in total. The van der Waals surface area contributed by atoms with Gasteiger partial charge in [-0.25, -0.2) is 9.67 Å². The van der Waals surface area contributed by atoms with Crippen molar-refractivity contribution >= 4 is 16.9 Å². The van der Waals surface area contributed by atoms with E-state index in [1.807, 2.05) is 17.7 Å². The average molecular weight is 229 g/mol. The molecule has 0 unspecified atom stereocenters. The fourth-order valence-electron chi connectivity index (χ4n) is 1.75. The van der Waals surface area contributed by atoms with Gasteiger partial charge in [-0.2, -0.15) is 10.4 Å². The van der Waals surface area contributed by atoms with E-state index in [-0.39, 0.29) is 11.4 Å². The minimum absolute atomic E-state index is 0.167. The maximum atomic E-state index is 8.94. The molecule has 0 aromatic carbocycles. The van der Waals surface area contributed by atoms with E-state index in [9.17, 15) is 0 Å². The monoisotopic (exact) mass is 229 g/mol. The second-order valence-electron chi connectivity index (χ2n) is 5.07. The van der Waals surface area contributed by atoms with Crippen LogP contribution in [-0.2, 0) is 5.54 Å². The Morgan fingerprint density at radius 3 is 2.59 bits per heavy atom. The first kappa shape index (κ1) is 11.4. The van der Waals surface area contributed by atoms with Gasteiger partial charge < -0.3 is 5.73 Å². The average Bonchev–Trinajstić information content (AvgIpc) is 2.54. The molecular weight excluding hydrogens is 214 g/mol. The van der Waals surface area contributed by atoms with Gasteiger partial charge in [0.05, 0.1) is 16.8 Å². The van der Waals surface area contributed by atoms with Crippen molar-refractivity contribution < 1.29 is 0 Å². The number of aryl methyl sites for hydroxylation is 1. The molecular formula is C12H15N5. The van der Waals surface area contributed by atoms with E-state index in [0.29, 0.717) is 5.56 Å². The van der Waals surface area contributed by atoms with Crippen LogP contribution in [0.25, 0.3) is 11.0 Å². The van der Waals surface area contributed by atoms with Gasteiger partial charge in [0, 0.05) is 5.39 Å². The molecule has 0 atom stereocenters. The predicted octanol–water partition coefficient (Wildman–Crippen LogP) is 1.95. The van der Waals surface area contributed by atoms with E-state index in [0.717, 1.165) is 16.7 Å². The Hall–Kier alpha value is -2.09. The van der Waals surface area contributed by atoms with Crippen molar-refractivity contribution in [3.63, 3.8) is 0 Å². The summed E-state index contributed by atoms with van der Waals surface area (Å²) >= 11 is 0. The third kappa shape index (κ3) is 1.72. The largest absolute Gasteiger partial charge is 0.383 e. The van der Waals surface area contributed by atoms with Gasteiger partial charge in [0.2, 0.25) is 0 Å². The zero-order valence-corrected chi connectivity index (χ0v) is 10.4. The summed E-state index contributed by atoms with van der Waals surface area (Å²) in [6.07, 6.45) is 0. The number of nitrogens with two attached hydrogens (primary N) is 1. The first-order valence-corrected chi connectivity index (χ1v) is 5.41. The summed E-state index contributed by atoms with van der Waals surface area (Å²) in [6, 6.07) is 3.79. The van der Waals surface area contributed by atoms with Crippen LogP contribution in [0.2, 0.25) is 0 Å². The molecule has 0 aliphatic heterocycles. The summed E-state index contributed by atoms with van der Waals surface area (Å²) < 4.78 is 1.84. The molecule has 0 aliphatic rings. The SMILES string of the molecule is Cc1nn(C(C)(C)C)c2nc(N)c(C#N)cc12. The lowest BCUT2D eigenvalue weighted by atomic mass is 10.1. The molecule has 5 nitrogen and oxygen atoms in total. The standard InChI is InChI=1S/C12H15N5/c1-7-9-5-8(6-13)10(14)15-11(9)17(16-7)12(2,3)4/h5H,1-4H3,(H2,14,15). The van der Waals surface area contributed by atoms with Gasteiger partial charge in [0.15, 0.2) is 5.65 Å². The molecule has 17 heavy (non-hydrogen) atoms. The van der Waals surface area contributed by atoms with Crippen molar-refractivity contribution in [2.24, 2.45) is 0 Å². The minimum Gasteiger partial charge on any atom is -0.383 e. The summed E-state index contributed by atoms with van der Waals surface area (Å²) in [4.78, 5) is 4.29. The molecule has 0 radical (unpaired) electrons. The topological polar surface area (TPSA) is 80.5 Å². The van der Waals surface area contributed by atoms with Crippen LogP contribution < -0.4 is 5.73 Å². The Morgan fingerprint density at radius 2 is 2.06 bits per heavy atom. The molecule has 0 saturated heterocycles. The van der Waals surface area contributed by atoms with Crippen LogP contribution in [0.4, 0.5) is 5.82 Å². The van der Waals surface area contributed by atoms with Crippen LogP contribution in [0.15, 0.2) is 6.07 Å². The Balaban J connectivity index is 2.85. The highest BCUT2D eigenvalue weighted by atomic mass is 15.3. The molecule has 2 rings (SSSR count). The molecule has 0 bridgehead atoms. The van der Waals surface area contributed by atoms with E-state index >= 15 is 0 Å². The number of nitrogen functional groups attached to an aromatic ring is 1. The molecule has 0 fully saturated rings. The minimum atomic E-state index is -0.167. The van der Waals surface area contributed by atoms with Gasteiger partial charge in [0.25, 0.3) is 0 Å². The van der Waals surface area contributed by atoms with E-state index in [1.54, 1.807) is 6.07 Å². The lowest BCUT2D eigenvalue weighted by Gasteiger charge is -2.19. The van der Waals surface area contributed by atoms with E-state index in [1.165, 1.54) is 0 Å². The molecule has 0 saturated carbocycles. The fraction of sp³-hybridized carbons (Fsp3) is 0.417. The number of pyridine rings is 1. The molecule has 0 aliphatic carbocycles. The molecule has 2 aromatic rings. The quantitative estimate of drug-likeness (QED) is 0.748. The Kier molecular flexibility index (Phi) is 2.32. The smallest absolute Gasteiger partial charge is 0.161 e. The second-order valence-corrected chi connectivity index (χ2v) is 5.07. The molecule has 0 amide bonds. The summed E-state index contributed by atoms with van der Waals surface area (Å²) in [6.45, 7) is 8.06. The van der Waals surface area contributed by atoms with Crippen molar-refractivity contribution in [2.75, 3.05) is 5.73 Å². The number of anilines is 1. The van der Waals surface area contributed by atoms with E-state index in [2.05, 4.69) is 30.9 Å². The highest BCUT2D eigenvalue weighted by Crippen LogP contribution is 2.25. The van der Waals surface area contributed by atoms with Crippen LogP contribution in [0.1, 0.15) is 32.0 Å². The number of rotatable bonds is 0. The molecule has 5 heteroatoms. The summed E-state index contributed by atoms with van der Waals surface area (Å²) in [5.41, 5.74) is 7.56. The van der Waals surface area contributed by atoms with Crippen LogP contribution >= 0.6 is 0 Å².